The van der Waals surface area contributed by atoms with Crippen LogP contribution in [0.25, 0.3) is 21.5 Å². The lowest BCUT2D eigenvalue weighted by Crippen LogP contribution is -2.18. The molecule has 18 heteroatoms. The third-order valence-corrected chi connectivity index (χ3v) is 8.85. The number of fused-ring (bicyclic) bond motifs is 2. The van der Waals surface area contributed by atoms with Gasteiger partial charge in [0.15, 0.2) is 0 Å². The summed E-state index contributed by atoms with van der Waals surface area (Å²) in [7, 11) is 0. The minimum absolute atomic E-state index is 0.0244. The third kappa shape index (κ3) is 16.9. The van der Waals surface area contributed by atoms with Crippen LogP contribution in [0.1, 0.15) is 36.8 Å². The summed E-state index contributed by atoms with van der Waals surface area (Å²) < 4.78 is 40.4. The van der Waals surface area contributed by atoms with E-state index in [0.717, 1.165) is 12.2 Å². The third-order valence-electron chi connectivity index (χ3n) is 8.85. The molecule has 4 aromatic rings. The molecule has 4 aromatic carbocycles. The van der Waals surface area contributed by atoms with Crippen LogP contribution in [-0.2, 0) is 79.5 Å². The van der Waals surface area contributed by atoms with Gasteiger partial charge in [0.1, 0.15) is 52.9 Å². The molecule has 338 valence electrons. The van der Waals surface area contributed by atoms with Crippen molar-refractivity contribution in [2.75, 3.05) is 63.5 Å². The highest BCUT2D eigenvalue weighted by molar-refractivity contribution is 6.03. The summed E-state index contributed by atoms with van der Waals surface area (Å²) in [5, 5.41) is 7.99. The maximum Gasteiger partial charge on any atom is 0.411 e. The van der Waals surface area contributed by atoms with Crippen molar-refractivity contribution in [1.82, 2.24) is 0 Å². The molecule has 0 atom stereocenters. The molecule has 0 unspecified atom stereocenters. The molecule has 0 fully saturated rings. The van der Waals surface area contributed by atoms with E-state index in [1.54, 1.807) is 72.8 Å². The molecule has 18 nitrogen and oxygen atoms in total. The molecule has 64 heavy (non-hydrogen) atoms. The van der Waals surface area contributed by atoms with Crippen molar-refractivity contribution >= 4 is 80.9 Å². The molecule has 2 N–H and O–H groups in total. The average molecular weight is 885 g/mol. The zero-order valence-electron chi connectivity index (χ0n) is 34.9. The fourth-order valence-electron chi connectivity index (χ4n) is 5.96. The predicted octanol–water partition coefficient (Wildman–Crippen LogP) is 6.07. The molecule has 0 aliphatic carbocycles. The number of hydrogen-bond acceptors (Lipinski definition) is 16. The van der Waals surface area contributed by atoms with Crippen LogP contribution in [0, 0.1) is 0 Å². The van der Waals surface area contributed by atoms with Crippen LogP contribution in [0.4, 0.5) is 21.0 Å². The lowest BCUT2D eigenvalue weighted by molar-refractivity contribution is -0.152. The number of esters is 6. The Labute approximate surface area is 367 Å². The molecule has 0 aromatic heterocycles. The van der Waals surface area contributed by atoms with E-state index in [1.807, 2.05) is 0 Å². The zero-order valence-corrected chi connectivity index (χ0v) is 34.9. The quantitative estimate of drug-likeness (QED) is 0.0333. The van der Waals surface area contributed by atoms with Gasteiger partial charge in [-0.1, -0.05) is 73.8 Å². The van der Waals surface area contributed by atoms with Gasteiger partial charge < -0.3 is 37.9 Å². The summed E-state index contributed by atoms with van der Waals surface area (Å²) in [6, 6.07) is 20.8. The second-order valence-corrected chi connectivity index (χ2v) is 13.3. The number of benzene rings is 4. The maximum atomic E-state index is 12.6. The summed E-state index contributed by atoms with van der Waals surface area (Å²) in [5.41, 5.74) is 2.17. The van der Waals surface area contributed by atoms with Crippen molar-refractivity contribution in [3.05, 3.63) is 109 Å². The number of carbonyl (C=O) groups is 8. The summed E-state index contributed by atoms with van der Waals surface area (Å²) in [5.74, 6) is -3.40. The Morgan fingerprint density at radius 1 is 0.406 bits per heavy atom. The van der Waals surface area contributed by atoms with Crippen LogP contribution in [-0.4, -0.2) is 101 Å². The minimum Gasteiger partial charge on any atom is -0.462 e. The number of anilines is 2. The van der Waals surface area contributed by atoms with E-state index in [9.17, 15) is 38.4 Å². The van der Waals surface area contributed by atoms with Crippen molar-refractivity contribution in [2.24, 2.45) is 0 Å². The highest BCUT2D eigenvalue weighted by Crippen LogP contribution is 2.28. The second-order valence-electron chi connectivity index (χ2n) is 13.3. The Morgan fingerprint density at radius 3 is 1.12 bits per heavy atom. The van der Waals surface area contributed by atoms with E-state index in [4.69, 9.17) is 37.9 Å². The van der Waals surface area contributed by atoms with Crippen molar-refractivity contribution in [3.63, 3.8) is 0 Å². The van der Waals surface area contributed by atoms with Crippen LogP contribution in [0.2, 0.25) is 0 Å². The van der Waals surface area contributed by atoms with Crippen molar-refractivity contribution in [1.29, 1.82) is 0 Å². The van der Waals surface area contributed by atoms with Gasteiger partial charge in [-0.2, -0.15) is 0 Å². The number of hydrogen-bond donors (Lipinski definition) is 2. The first kappa shape index (κ1) is 48.9. The molecule has 0 spiro atoms. The SMILES string of the molecule is C=CC(=O)OCCOC(=O)Cc1cccc2c(NC(=O)OCCOC(=O)CCCCC(=O)OCCOC(=O)Cc3cccc4c(NC(=O)OCCOC(=O)C=C)cccc34)cccc12. The van der Waals surface area contributed by atoms with Crippen LogP contribution < -0.4 is 10.6 Å². The topological polar surface area (TPSA) is 234 Å². The molecular weight excluding hydrogens is 837 g/mol. The number of carbonyl (C=O) groups excluding carboxylic acids is 8. The number of rotatable bonds is 25. The largest absolute Gasteiger partial charge is 0.462 e. The Morgan fingerprint density at radius 2 is 0.734 bits per heavy atom. The Hall–Kier alpha value is -7.76. The number of amides is 2. The number of nitrogens with one attached hydrogen (secondary N) is 2. The van der Waals surface area contributed by atoms with Crippen LogP contribution in [0.15, 0.2) is 98.1 Å². The standard InChI is InChI=1S/C46H48N2O16/c1-3-39(49)57-21-23-61-43(53)29-31-11-7-16-36-33(31)13-10-18-38(36)48-46(56)64-28-26-60-42(52)20-6-5-19-41(51)59-22-24-62-44(54)30-32-12-8-15-35-34(32)14-9-17-37(35)47-45(55)63-27-25-58-40(50)4-2/h3-4,7-18H,1-2,5-6,19-30H2,(H,47,55)(H,48,56). The molecule has 2 amide bonds. The molecule has 0 aliphatic rings. The molecule has 0 saturated carbocycles. The smallest absolute Gasteiger partial charge is 0.411 e. The van der Waals surface area contributed by atoms with E-state index in [1.165, 1.54) is 0 Å². The number of ether oxygens (including phenoxy) is 8. The van der Waals surface area contributed by atoms with Gasteiger partial charge in [0.05, 0.1) is 24.2 Å². The average Bonchev–Trinajstić information content (AvgIpc) is 3.28. The first-order valence-electron chi connectivity index (χ1n) is 20.1. The second kappa shape index (κ2) is 26.5. The lowest BCUT2D eigenvalue weighted by Gasteiger charge is -2.12. The highest BCUT2D eigenvalue weighted by atomic mass is 16.6. The summed E-state index contributed by atoms with van der Waals surface area (Å²) in [6.07, 6.45) is 1.07. The van der Waals surface area contributed by atoms with E-state index in [2.05, 4.69) is 23.8 Å². The van der Waals surface area contributed by atoms with Crippen LogP contribution in [0.3, 0.4) is 0 Å². The monoisotopic (exact) mass is 884 g/mol. The molecule has 0 saturated heterocycles. The fourth-order valence-corrected chi connectivity index (χ4v) is 5.96. The summed E-state index contributed by atoms with van der Waals surface area (Å²) in [6.45, 7) is 5.37. The van der Waals surface area contributed by atoms with E-state index < -0.39 is 48.0 Å². The molecule has 0 bridgehead atoms. The Kier molecular flexibility index (Phi) is 20.3. The van der Waals surface area contributed by atoms with E-state index in [-0.39, 0.29) is 78.5 Å². The van der Waals surface area contributed by atoms with E-state index in [0.29, 0.717) is 56.9 Å². The van der Waals surface area contributed by atoms with Gasteiger partial charge in [0.25, 0.3) is 0 Å². The van der Waals surface area contributed by atoms with E-state index >= 15 is 0 Å². The van der Waals surface area contributed by atoms with Gasteiger partial charge >= 0.3 is 48.0 Å². The van der Waals surface area contributed by atoms with Crippen LogP contribution in [0.5, 0.6) is 0 Å². The first-order valence-corrected chi connectivity index (χ1v) is 20.1. The molecular formula is C46H48N2O16. The Bertz CT molecular complexity index is 2160. The lowest BCUT2D eigenvalue weighted by atomic mass is 10.0. The van der Waals surface area contributed by atoms with Crippen LogP contribution >= 0.6 is 0 Å². The molecule has 4 rings (SSSR count). The van der Waals surface area contributed by atoms with Gasteiger partial charge in [-0.3, -0.25) is 29.8 Å². The molecule has 0 heterocycles. The van der Waals surface area contributed by atoms with Gasteiger partial charge in [-0.15, -0.1) is 0 Å². The number of unbranched alkanes of at least 4 members (excludes halogenated alkanes) is 1. The van der Waals surface area contributed by atoms with Gasteiger partial charge in [0, 0.05) is 35.8 Å². The van der Waals surface area contributed by atoms with Gasteiger partial charge in [0.2, 0.25) is 0 Å². The fraction of sp³-hybridized carbons (Fsp3) is 0.304. The zero-order chi connectivity index (χ0) is 46.1. The maximum absolute atomic E-state index is 12.6. The van der Waals surface area contributed by atoms with Crippen molar-refractivity contribution in [3.8, 4) is 0 Å². The minimum atomic E-state index is -0.782. The highest BCUT2D eigenvalue weighted by Gasteiger charge is 2.15. The normalized spacial score (nSPS) is 10.4. The molecule has 0 aliphatic heterocycles. The molecule has 0 radical (unpaired) electrons. The van der Waals surface area contributed by atoms with Gasteiger partial charge in [-0.25, -0.2) is 19.2 Å². The summed E-state index contributed by atoms with van der Waals surface area (Å²) in [4.78, 5) is 96.3. The van der Waals surface area contributed by atoms with Crippen molar-refractivity contribution in [2.45, 2.75) is 38.5 Å². The predicted molar refractivity (Wildman–Crippen MR) is 230 cm³/mol. The summed E-state index contributed by atoms with van der Waals surface area (Å²) >= 11 is 0. The van der Waals surface area contributed by atoms with Gasteiger partial charge in [-0.05, 0) is 46.9 Å². The van der Waals surface area contributed by atoms with Crippen molar-refractivity contribution < 1.29 is 76.3 Å². The first-order chi connectivity index (χ1) is 31.0. The Balaban J connectivity index is 1.06.